The van der Waals surface area contributed by atoms with Crippen molar-refractivity contribution >= 4 is 11.8 Å². The monoisotopic (exact) mass is 270 g/mol. The molecular formula is C16H18N2O2. The molecule has 20 heavy (non-hydrogen) atoms. The van der Waals surface area contributed by atoms with Crippen LogP contribution in [0.15, 0.2) is 30.3 Å². The molecule has 1 fully saturated rings. The van der Waals surface area contributed by atoms with Crippen LogP contribution in [0.1, 0.15) is 18.4 Å². The summed E-state index contributed by atoms with van der Waals surface area (Å²) in [5.74, 6) is 2.42. The Bertz CT molecular complexity index is 519. The van der Waals surface area contributed by atoms with E-state index in [4.69, 9.17) is 6.42 Å². The third-order valence-electron chi connectivity index (χ3n) is 3.31. The summed E-state index contributed by atoms with van der Waals surface area (Å²) in [7, 11) is 0. The zero-order valence-corrected chi connectivity index (χ0v) is 11.3. The lowest BCUT2D eigenvalue weighted by Gasteiger charge is -2.32. The number of carbonyl (C=O) groups excluding carboxylic acids is 2. The van der Waals surface area contributed by atoms with Crippen molar-refractivity contribution in [3.8, 4) is 12.3 Å². The molecule has 1 heterocycles. The van der Waals surface area contributed by atoms with Crippen LogP contribution in [-0.4, -0.2) is 35.8 Å². The van der Waals surface area contributed by atoms with E-state index >= 15 is 0 Å². The van der Waals surface area contributed by atoms with E-state index in [-0.39, 0.29) is 18.4 Å². The molecule has 1 saturated heterocycles. The summed E-state index contributed by atoms with van der Waals surface area (Å²) in [5, 5.41) is 2.76. The molecule has 1 atom stereocenters. The first-order valence-electron chi connectivity index (χ1n) is 6.76. The molecule has 4 heteroatoms. The largest absolute Gasteiger partial charge is 0.342 e. The van der Waals surface area contributed by atoms with Crippen LogP contribution in [0, 0.1) is 12.3 Å². The molecule has 1 aromatic carbocycles. The smallest absolute Gasteiger partial charge is 0.245 e. The molecule has 0 radical (unpaired) electrons. The van der Waals surface area contributed by atoms with Crippen LogP contribution in [0.3, 0.4) is 0 Å². The molecular weight excluding hydrogens is 252 g/mol. The fourth-order valence-corrected chi connectivity index (χ4v) is 2.32. The number of hydrogen-bond acceptors (Lipinski definition) is 2. The molecule has 1 aliphatic rings. The normalized spacial score (nSPS) is 18.6. The number of hydrogen-bond donors (Lipinski definition) is 1. The van der Waals surface area contributed by atoms with Gasteiger partial charge < -0.3 is 10.2 Å². The van der Waals surface area contributed by atoms with E-state index < -0.39 is 6.04 Å². The van der Waals surface area contributed by atoms with Gasteiger partial charge in [0.2, 0.25) is 11.8 Å². The van der Waals surface area contributed by atoms with E-state index in [9.17, 15) is 9.59 Å². The maximum atomic E-state index is 12.3. The van der Waals surface area contributed by atoms with Gasteiger partial charge in [0.15, 0.2) is 0 Å². The second kappa shape index (κ2) is 6.76. The van der Waals surface area contributed by atoms with Crippen molar-refractivity contribution in [3.05, 3.63) is 35.9 Å². The van der Waals surface area contributed by atoms with Gasteiger partial charge in [0, 0.05) is 19.4 Å². The Morgan fingerprint density at radius 2 is 2.05 bits per heavy atom. The van der Waals surface area contributed by atoms with Crippen molar-refractivity contribution in [3.63, 3.8) is 0 Å². The molecule has 2 rings (SSSR count). The fourth-order valence-electron chi connectivity index (χ4n) is 2.32. The Balaban J connectivity index is 2.00. The maximum absolute atomic E-state index is 12.3. The van der Waals surface area contributed by atoms with E-state index in [1.54, 1.807) is 4.90 Å². The molecule has 2 amide bonds. The van der Waals surface area contributed by atoms with Crippen LogP contribution >= 0.6 is 0 Å². The minimum atomic E-state index is -0.468. The number of carbonyl (C=O) groups is 2. The SMILES string of the molecule is C#CCCCN1CC(=O)NC(Cc2ccccc2)C1=O. The number of benzene rings is 1. The lowest BCUT2D eigenvalue weighted by molar-refractivity contribution is -0.144. The summed E-state index contributed by atoms with van der Waals surface area (Å²) >= 11 is 0. The van der Waals surface area contributed by atoms with Gasteiger partial charge in [0.05, 0.1) is 6.54 Å². The highest BCUT2D eigenvalue weighted by Gasteiger charge is 2.32. The van der Waals surface area contributed by atoms with Gasteiger partial charge in [0.1, 0.15) is 6.04 Å². The predicted molar refractivity (Wildman–Crippen MR) is 76.7 cm³/mol. The Morgan fingerprint density at radius 1 is 1.30 bits per heavy atom. The first-order chi connectivity index (χ1) is 9.70. The van der Waals surface area contributed by atoms with E-state index in [1.165, 1.54) is 0 Å². The predicted octanol–water partition coefficient (Wildman–Crippen LogP) is 0.969. The molecule has 0 aliphatic carbocycles. The first kappa shape index (κ1) is 14.1. The van der Waals surface area contributed by atoms with Gasteiger partial charge in [-0.15, -0.1) is 12.3 Å². The quantitative estimate of drug-likeness (QED) is 0.640. The standard InChI is InChI=1S/C16H18N2O2/c1-2-3-7-10-18-12-15(19)17-14(16(18)20)11-13-8-5-4-6-9-13/h1,4-6,8-9,14H,3,7,10-12H2,(H,17,19). The van der Waals surface area contributed by atoms with Crippen LogP contribution in [0.4, 0.5) is 0 Å². The zero-order valence-electron chi connectivity index (χ0n) is 11.3. The molecule has 104 valence electrons. The summed E-state index contributed by atoms with van der Waals surface area (Å²) < 4.78 is 0. The Morgan fingerprint density at radius 3 is 2.75 bits per heavy atom. The Labute approximate surface area is 119 Å². The first-order valence-corrected chi connectivity index (χ1v) is 6.76. The molecule has 0 bridgehead atoms. The number of unbranched alkanes of at least 4 members (excludes halogenated alkanes) is 1. The Hall–Kier alpha value is -2.28. The van der Waals surface area contributed by atoms with Crippen molar-refractivity contribution in [2.75, 3.05) is 13.1 Å². The third-order valence-corrected chi connectivity index (χ3v) is 3.31. The number of terminal acetylenes is 1. The third kappa shape index (κ3) is 3.61. The van der Waals surface area contributed by atoms with Crippen LogP contribution < -0.4 is 5.32 Å². The van der Waals surface area contributed by atoms with Crippen molar-refractivity contribution in [2.45, 2.75) is 25.3 Å². The second-order valence-electron chi connectivity index (χ2n) is 4.88. The number of nitrogens with zero attached hydrogens (tertiary/aromatic N) is 1. The molecule has 1 aromatic rings. The maximum Gasteiger partial charge on any atom is 0.245 e. The molecule has 0 aromatic heterocycles. The molecule has 1 aliphatic heterocycles. The number of nitrogens with one attached hydrogen (secondary N) is 1. The number of amides is 2. The van der Waals surface area contributed by atoms with E-state index in [0.717, 1.165) is 12.0 Å². The van der Waals surface area contributed by atoms with Crippen LogP contribution in [0.5, 0.6) is 0 Å². The average molecular weight is 270 g/mol. The molecule has 1 N–H and O–H groups in total. The highest BCUT2D eigenvalue weighted by Crippen LogP contribution is 2.10. The Kier molecular flexibility index (Phi) is 4.78. The molecule has 0 saturated carbocycles. The lowest BCUT2D eigenvalue weighted by Crippen LogP contribution is -2.58. The van der Waals surface area contributed by atoms with Gasteiger partial charge in [-0.25, -0.2) is 0 Å². The second-order valence-corrected chi connectivity index (χ2v) is 4.88. The fraction of sp³-hybridized carbons (Fsp3) is 0.375. The van der Waals surface area contributed by atoms with Gasteiger partial charge in [-0.3, -0.25) is 9.59 Å². The van der Waals surface area contributed by atoms with Crippen molar-refractivity contribution in [2.24, 2.45) is 0 Å². The topological polar surface area (TPSA) is 49.4 Å². The highest BCUT2D eigenvalue weighted by atomic mass is 16.2. The van der Waals surface area contributed by atoms with E-state index in [2.05, 4.69) is 11.2 Å². The summed E-state index contributed by atoms with van der Waals surface area (Å²) in [5.41, 5.74) is 1.04. The van der Waals surface area contributed by atoms with Crippen LogP contribution in [0.2, 0.25) is 0 Å². The van der Waals surface area contributed by atoms with Crippen LogP contribution in [-0.2, 0) is 16.0 Å². The van der Waals surface area contributed by atoms with Gasteiger partial charge >= 0.3 is 0 Å². The van der Waals surface area contributed by atoms with Gasteiger partial charge in [-0.2, -0.15) is 0 Å². The van der Waals surface area contributed by atoms with Crippen LogP contribution in [0.25, 0.3) is 0 Å². The molecule has 4 nitrogen and oxygen atoms in total. The lowest BCUT2D eigenvalue weighted by atomic mass is 10.0. The summed E-state index contributed by atoms with van der Waals surface area (Å²) in [6.07, 6.45) is 7.08. The van der Waals surface area contributed by atoms with E-state index in [1.807, 2.05) is 30.3 Å². The average Bonchev–Trinajstić information content (AvgIpc) is 2.45. The zero-order chi connectivity index (χ0) is 14.4. The summed E-state index contributed by atoms with van der Waals surface area (Å²) in [6.45, 7) is 0.677. The number of piperazine rings is 1. The summed E-state index contributed by atoms with van der Waals surface area (Å²) in [6, 6.07) is 9.22. The summed E-state index contributed by atoms with van der Waals surface area (Å²) in [4.78, 5) is 25.6. The van der Waals surface area contributed by atoms with Gasteiger partial charge in [0.25, 0.3) is 0 Å². The highest BCUT2D eigenvalue weighted by molar-refractivity contribution is 5.95. The minimum Gasteiger partial charge on any atom is -0.342 e. The van der Waals surface area contributed by atoms with E-state index in [0.29, 0.717) is 19.4 Å². The van der Waals surface area contributed by atoms with Gasteiger partial charge in [-0.05, 0) is 12.0 Å². The van der Waals surface area contributed by atoms with Crippen molar-refractivity contribution in [1.82, 2.24) is 10.2 Å². The van der Waals surface area contributed by atoms with Crippen molar-refractivity contribution in [1.29, 1.82) is 0 Å². The van der Waals surface area contributed by atoms with Crippen molar-refractivity contribution < 1.29 is 9.59 Å². The van der Waals surface area contributed by atoms with Gasteiger partial charge in [-0.1, -0.05) is 30.3 Å². The number of rotatable bonds is 5. The minimum absolute atomic E-state index is 0.0227. The molecule has 1 unspecified atom stereocenters. The molecule has 0 spiro atoms.